The number of alkyl halides is 5. The van der Waals surface area contributed by atoms with Gasteiger partial charge in [-0.15, -0.1) is 8.78 Å². The van der Waals surface area contributed by atoms with Crippen LogP contribution in [0.5, 0.6) is 11.5 Å². The van der Waals surface area contributed by atoms with Crippen LogP contribution in [0.25, 0.3) is 0 Å². The number of benzene rings is 1. The predicted octanol–water partition coefficient (Wildman–Crippen LogP) is 3.12. The standard InChI is InChI=1S/C10H6F5NO4/c11-9(12,13)4-18-8(17)16-5-1-2-6-7(3-5)20-10(14,15)19-6/h1-3H,4H2,(H,16,17). The zero-order chi connectivity index (χ0) is 15.0. The van der Waals surface area contributed by atoms with Crippen LogP contribution in [0, 0.1) is 0 Å². The smallest absolute Gasteiger partial charge is 0.440 e. The Labute approximate surface area is 108 Å². The van der Waals surface area contributed by atoms with Crippen molar-refractivity contribution in [3.63, 3.8) is 0 Å². The molecule has 20 heavy (non-hydrogen) atoms. The van der Waals surface area contributed by atoms with Crippen LogP contribution < -0.4 is 14.8 Å². The Kier molecular flexibility index (Phi) is 3.32. The lowest BCUT2D eigenvalue weighted by atomic mass is 10.3. The lowest BCUT2D eigenvalue weighted by Crippen LogP contribution is -2.26. The fraction of sp³-hybridized carbons (Fsp3) is 0.300. The van der Waals surface area contributed by atoms with Gasteiger partial charge in [0, 0.05) is 11.8 Å². The Morgan fingerprint density at radius 3 is 2.55 bits per heavy atom. The molecule has 1 amide bonds. The Morgan fingerprint density at radius 1 is 1.25 bits per heavy atom. The predicted molar refractivity (Wildman–Crippen MR) is 53.7 cm³/mol. The lowest BCUT2D eigenvalue weighted by molar-refractivity contribution is -0.286. The lowest BCUT2D eigenvalue weighted by Gasteiger charge is -2.09. The molecule has 0 aromatic heterocycles. The van der Waals surface area contributed by atoms with Gasteiger partial charge in [0.05, 0.1) is 0 Å². The molecule has 1 aliphatic rings. The van der Waals surface area contributed by atoms with E-state index >= 15 is 0 Å². The first-order valence-corrected chi connectivity index (χ1v) is 5.05. The van der Waals surface area contributed by atoms with Gasteiger partial charge < -0.3 is 14.2 Å². The number of halogens is 5. The molecule has 0 aliphatic carbocycles. The second-order valence-electron chi connectivity index (χ2n) is 3.65. The minimum absolute atomic E-state index is 0.0859. The number of carbonyl (C=O) groups is 1. The number of hydrogen-bond acceptors (Lipinski definition) is 4. The van der Waals surface area contributed by atoms with Crippen LogP contribution in [0.2, 0.25) is 0 Å². The molecule has 1 aromatic rings. The van der Waals surface area contributed by atoms with Crippen LogP contribution in [-0.4, -0.2) is 25.2 Å². The van der Waals surface area contributed by atoms with Crippen molar-refractivity contribution in [2.45, 2.75) is 12.5 Å². The third kappa shape index (κ3) is 3.62. The molecule has 1 aromatic carbocycles. The Hall–Kier alpha value is -2.26. The van der Waals surface area contributed by atoms with Crippen molar-refractivity contribution in [3.05, 3.63) is 18.2 Å². The van der Waals surface area contributed by atoms with Crippen LogP contribution >= 0.6 is 0 Å². The first kappa shape index (κ1) is 14.2. The van der Waals surface area contributed by atoms with Gasteiger partial charge in [-0.2, -0.15) is 13.2 Å². The van der Waals surface area contributed by atoms with Gasteiger partial charge >= 0.3 is 18.6 Å². The summed E-state index contributed by atoms with van der Waals surface area (Å²) in [5.41, 5.74) is -0.0859. The second-order valence-corrected chi connectivity index (χ2v) is 3.65. The van der Waals surface area contributed by atoms with Crippen molar-refractivity contribution in [3.8, 4) is 11.5 Å². The molecule has 0 unspecified atom stereocenters. The van der Waals surface area contributed by atoms with Crippen molar-refractivity contribution in [1.82, 2.24) is 0 Å². The van der Waals surface area contributed by atoms with Gasteiger partial charge in [-0.1, -0.05) is 0 Å². The molecule has 0 atom stereocenters. The maximum absolute atomic E-state index is 12.7. The van der Waals surface area contributed by atoms with Gasteiger partial charge in [0.15, 0.2) is 18.1 Å². The van der Waals surface area contributed by atoms with Crippen LogP contribution in [0.3, 0.4) is 0 Å². The summed E-state index contributed by atoms with van der Waals surface area (Å²) in [4.78, 5) is 11.0. The van der Waals surface area contributed by atoms with Crippen molar-refractivity contribution in [2.24, 2.45) is 0 Å². The van der Waals surface area contributed by atoms with Crippen molar-refractivity contribution < 1.29 is 41.0 Å². The number of carbonyl (C=O) groups excluding carboxylic acids is 1. The van der Waals surface area contributed by atoms with Crippen LogP contribution in [0.15, 0.2) is 18.2 Å². The molecule has 0 saturated carbocycles. The molecular weight excluding hydrogens is 293 g/mol. The van der Waals surface area contributed by atoms with E-state index in [1.807, 2.05) is 5.32 Å². The summed E-state index contributed by atoms with van der Waals surface area (Å²) in [6.45, 7) is -1.76. The van der Waals surface area contributed by atoms with Crippen molar-refractivity contribution in [1.29, 1.82) is 0 Å². The van der Waals surface area contributed by atoms with E-state index in [-0.39, 0.29) is 17.2 Å². The summed E-state index contributed by atoms with van der Waals surface area (Å²) in [7, 11) is 0. The zero-order valence-corrected chi connectivity index (χ0v) is 9.46. The van der Waals surface area contributed by atoms with Gasteiger partial charge in [0.1, 0.15) is 0 Å². The largest absolute Gasteiger partial charge is 0.586 e. The summed E-state index contributed by atoms with van der Waals surface area (Å²) in [5, 5.41) is 1.93. The highest BCUT2D eigenvalue weighted by molar-refractivity contribution is 5.85. The normalized spacial score (nSPS) is 15.8. The number of nitrogens with one attached hydrogen (secondary N) is 1. The number of amides is 1. The number of anilines is 1. The number of fused-ring (bicyclic) bond motifs is 1. The molecule has 0 spiro atoms. The Morgan fingerprint density at radius 2 is 1.90 bits per heavy atom. The van der Waals surface area contributed by atoms with E-state index in [2.05, 4.69) is 14.2 Å². The summed E-state index contributed by atoms with van der Waals surface area (Å²) >= 11 is 0. The summed E-state index contributed by atoms with van der Waals surface area (Å²) in [5.74, 6) is -0.618. The van der Waals surface area contributed by atoms with E-state index in [1.165, 1.54) is 0 Å². The fourth-order valence-corrected chi connectivity index (χ4v) is 1.33. The van der Waals surface area contributed by atoms with Gasteiger partial charge in [0.25, 0.3) is 0 Å². The van der Waals surface area contributed by atoms with E-state index < -0.39 is 25.2 Å². The highest BCUT2D eigenvalue weighted by Gasteiger charge is 2.43. The van der Waals surface area contributed by atoms with Crippen LogP contribution in [0.1, 0.15) is 0 Å². The molecule has 10 heteroatoms. The van der Waals surface area contributed by atoms with Crippen molar-refractivity contribution >= 4 is 11.8 Å². The van der Waals surface area contributed by atoms with E-state index in [4.69, 9.17) is 0 Å². The molecule has 1 N–H and O–H groups in total. The molecule has 0 saturated heterocycles. The maximum atomic E-state index is 12.7. The Bertz CT molecular complexity index is 531. The first-order valence-electron chi connectivity index (χ1n) is 5.05. The zero-order valence-electron chi connectivity index (χ0n) is 9.46. The molecule has 2 rings (SSSR count). The van der Waals surface area contributed by atoms with E-state index in [1.54, 1.807) is 0 Å². The highest BCUT2D eigenvalue weighted by atomic mass is 19.4. The van der Waals surface area contributed by atoms with Gasteiger partial charge in [-0.05, 0) is 12.1 Å². The number of ether oxygens (including phenoxy) is 3. The summed E-state index contributed by atoms with van der Waals surface area (Å²) in [6, 6.07) is 3.17. The maximum Gasteiger partial charge on any atom is 0.586 e. The summed E-state index contributed by atoms with van der Waals surface area (Å²) < 4.78 is 72.9. The number of rotatable bonds is 2. The van der Waals surface area contributed by atoms with E-state index in [0.29, 0.717) is 0 Å². The first-order chi connectivity index (χ1) is 9.15. The number of hydrogen-bond donors (Lipinski definition) is 1. The average molecular weight is 299 g/mol. The molecule has 0 bridgehead atoms. The molecule has 1 heterocycles. The fourth-order valence-electron chi connectivity index (χ4n) is 1.33. The molecule has 1 aliphatic heterocycles. The molecule has 0 fully saturated rings. The van der Waals surface area contributed by atoms with Crippen LogP contribution in [-0.2, 0) is 4.74 Å². The minimum atomic E-state index is -4.66. The average Bonchev–Trinajstić information content (AvgIpc) is 2.59. The van der Waals surface area contributed by atoms with Gasteiger partial charge in [-0.3, -0.25) is 5.32 Å². The monoisotopic (exact) mass is 299 g/mol. The third-order valence-electron chi connectivity index (χ3n) is 2.01. The van der Waals surface area contributed by atoms with Crippen molar-refractivity contribution in [2.75, 3.05) is 11.9 Å². The van der Waals surface area contributed by atoms with Gasteiger partial charge in [0.2, 0.25) is 0 Å². The summed E-state index contributed by atoms with van der Waals surface area (Å²) in [6.07, 6.45) is -9.86. The quantitative estimate of drug-likeness (QED) is 0.852. The van der Waals surface area contributed by atoms with Gasteiger partial charge in [-0.25, -0.2) is 4.79 Å². The highest BCUT2D eigenvalue weighted by Crippen LogP contribution is 2.42. The van der Waals surface area contributed by atoms with E-state index in [0.717, 1.165) is 18.2 Å². The molecule has 5 nitrogen and oxygen atoms in total. The SMILES string of the molecule is O=C(Nc1ccc2c(c1)OC(F)(F)O2)OCC(F)(F)F. The molecular formula is C10H6F5NO4. The molecule has 0 radical (unpaired) electrons. The topological polar surface area (TPSA) is 56.8 Å². The second kappa shape index (κ2) is 4.69. The minimum Gasteiger partial charge on any atom is -0.440 e. The van der Waals surface area contributed by atoms with Crippen LogP contribution in [0.4, 0.5) is 32.4 Å². The van der Waals surface area contributed by atoms with E-state index in [9.17, 15) is 26.7 Å². The third-order valence-corrected chi connectivity index (χ3v) is 2.01. The Balaban J connectivity index is 1.97. The molecule has 110 valence electrons.